The quantitative estimate of drug-likeness (QED) is 0.661. The first-order valence-electron chi connectivity index (χ1n) is 3.81. The van der Waals surface area contributed by atoms with Crippen LogP contribution in [0.1, 0.15) is 12.8 Å². The maximum atomic E-state index is 10.8. The monoisotopic (exact) mass is 178 g/mol. The topological polar surface area (TPSA) is 54.4 Å². The summed E-state index contributed by atoms with van der Waals surface area (Å²) in [6.45, 7) is 0.0116. The van der Waals surface area contributed by atoms with Gasteiger partial charge in [-0.25, -0.2) is 8.42 Å². The SMILES string of the molecule is CS(=O)(=O)CC(CO)C1CC1. The fraction of sp³-hybridized carbons (Fsp3) is 1.00. The molecule has 0 aromatic rings. The minimum Gasteiger partial charge on any atom is -0.396 e. The summed E-state index contributed by atoms with van der Waals surface area (Å²) in [6, 6.07) is 0. The number of sulfone groups is 1. The van der Waals surface area contributed by atoms with E-state index in [9.17, 15) is 8.42 Å². The van der Waals surface area contributed by atoms with Gasteiger partial charge >= 0.3 is 0 Å². The zero-order valence-corrected chi connectivity index (χ0v) is 7.47. The standard InChI is InChI=1S/C7H14O3S/c1-11(9,10)5-7(4-8)6-2-3-6/h6-8H,2-5H2,1H3. The van der Waals surface area contributed by atoms with E-state index in [0.29, 0.717) is 5.92 Å². The summed E-state index contributed by atoms with van der Waals surface area (Å²) in [4.78, 5) is 0. The zero-order chi connectivity index (χ0) is 8.48. The summed E-state index contributed by atoms with van der Waals surface area (Å²) in [5.74, 6) is 0.605. The third-order valence-corrected chi connectivity index (χ3v) is 3.07. The summed E-state index contributed by atoms with van der Waals surface area (Å²) in [7, 11) is -2.90. The van der Waals surface area contributed by atoms with Crippen LogP contribution in [0.3, 0.4) is 0 Å². The van der Waals surface area contributed by atoms with Crippen molar-refractivity contribution in [3.05, 3.63) is 0 Å². The molecule has 3 nitrogen and oxygen atoms in total. The highest BCUT2D eigenvalue weighted by Gasteiger charge is 2.32. The predicted molar refractivity (Wildman–Crippen MR) is 43.0 cm³/mol. The Morgan fingerprint density at radius 3 is 2.36 bits per heavy atom. The van der Waals surface area contributed by atoms with Crippen LogP contribution in [-0.4, -0.2) is 32.1 Å². The van der Waals surface area contributed by atoms with Crippen molar-refractivity contribution in [3.8, 4) is 0 Å². The third-order valence-electron chi connectivity index (χ3n) is 2.04. The molecule has 1 aliphatic carbocycles. The van der Waals surface area contributed by atoms with Crippen molar-refractivity contribution in [1.29, 1.82) is 0 Å². The van der Waals surface area contributed by atoms with Gasteiger partial charge in [0.25, 0.3) is 0 Å². The maximum absolute atomic E-state index is 10.8. The van der Waals surface area contributed by atoms with E-state index in [2.05, 4.69) is 0 Å². The van der Waals surface area contributed by atoms with Gasteiger partial charge in [-0.2, -0.15) is 0 Å². The third kappa shape index (κ3) is 3.20. The molecule has 0 amide bonds. The van der Waals surface area contributed by atoms with Gasteiger partial charge in [0.15, 0.2) is 0 Å². The van der Waals surface area contributed by atoms with Crippen LogP contribution >= 0.6 is 0 Å². The summed E-state index contributed by atoms with van der Waals surface area (Å²) in [6.07, 6.45) is 3.39. The molecule has 1 rings (SSSR count). The molecule has 1 fully saturated rings. The average Bonchev–Trinajstić information content (AvgIpc) is 2.61. The normalized spacial score (nSPS) is 21.6. The Bertz CT molecular complexity index is 216. The second kappa shape index (κ2) is 3.11. The molecular formula is C7H14O3S. The highest BCUT2D eigenvalue weighted by atomic mass is 32.2. The summed E-state index contributed by atoms with van der Waals surface area (Å²) >= 11 is 0. The van der Waals surface area contributed by atoms with Crippen LogP contribution in [0.25, 0.3) is 0 Å². The Hall–Kier alpha value is -0.0900. The first-order chi connectivity index (χ1) is 5.03. The molecule has 1 N–H and O–H groups in total. The smallest absolute Gasteiger partial charge is 0.147 e. The van der Waals surface area contributed by atoms with Crippen LogP contribution in [0.15, 0.2) is 0 Å². The first-order valence-corrected chi connectivity index (χ1v) is 5.87. The molecule has 0 spiro atoms. The summed E-state index contributed by atoms with van der Waals surface area (Å²) in [5, 5.41) is 8.84. The zero-order valence-electron chi connectivity index (χ0n) is 6.66. The molecule has 1 unspecified atom stereocenters. The van der Waals surface area contributed by atoms with E-state index in [1.165, 1.54) is 6.26 Å². The van der Waals surface area contributed by atoms with E-state index in [-0.39, 0.29) is 18.3 Å². The van der Waals surface area contributed by atoms with Gasteiger partial charge in [0.1, 0.15) is 9.84 Å². The molecule has 1 aliphatic rings. The molecule has 0 aliphatic heterocycles. The van der Waals surface area contributed by atoms with Crippen molar-refractivity contribution < 1.29 is 13.5 Å². The first kappa shape index (κ1) is 9.00. The largest absolute Gasteiger partial charge is 0.396 e. The molecule has 4 heteroatoms. The summed E-state index contributed by atoms with van der Waals surface area (Å²) < 4.78 is 21.6. The maximum Gasteiger partial charge on any atom is 0.147 e. The lowest BCUT2D eigenvalue weighted by atomic mass is 10.1. The van der Waals surface area contributed by atoms with Gasteiger partial charge in [-0.05, 0) is 24.7 Å². The molecule has 1 atom stereocenters. The van der Waals surface area contributed by atoms with Gasteiger partial charge in [0.05, 0.1) is 5.75 Å². The molecule has 0 saturated heterocycles. The van der Waals surface area contributed by atoms with Crippen LogP contribution < -0.4 is 0 Å². The molecule has 0 aromatic carbocycles. The highest BCUT2D eigenvalue weighted by molar-refractivity contribution is 7.90. The van der Waals surface area contributed by atoms with E-state index >= 15 is 0 Å². The van der Waals surface area contributed by atoms with E-state index in [0.717, 1.165) is 12.8 Å². The number of rotatable bonds is 4. The molecule has 1 saturated carbocycles. The highest BCUT2D eigenvalue weighted by Crippen LogP contribution is 2.37. The lowest BCUT2D eigenvalue weighted by Gasteiger charge is -2.10. The van der Waals surface area contributed by atoms with E-state index in [1.807, 2.05) is 0 Å². The predicted octanol–water partition coefficient (Wildman–Crippen LogP) is 0.0495. The van der Waals surface area contributed by atoms with E-state index in [1.54, 1.807) is 0 Å². The molecule has 66 valence electrons. The Balaban J connectivity index is 2.43. The summed E-state index contributed by atoms with van der Waals surface area (Å²) in [5.41, 5.74) is 0. The van der Waals surface area contributed by atoms with Crippen LogP contribution in [0.4, 0.5) is 0 Å². The van der Waals surface area contributed by atoms with Gasteiger partial charge in [-0.3, -0.25) is 0 Å². The van der Waals surface area contributed by atoms with Crippen LogP contribution in [0.2, 0.25) is 0 Å². The van der Waals surface area contributed by atoms with Gasteiger partial charge in [0.2, 0.25) is 0 Å². The van der Waals surface area contributed by atoms with Crippen molar-refractivity contribution in [3.63, 3.8) is 0 Å². The Kier molecular flexibility index (Phi) is 2.54. The second-order valence-corrected chi connectivity index (χ2v) is 5.56. The van der Waals surface area contributed by atoms with E-state index < -0.39 is 9.84 Å². The van der Waals surface area contributed by atoms with Crippen molar-refractivity contribution >= 4 is 9.84 Å². The minimum atomic E-state index is -2.90. The average molecular weight is 178 g/mol. The molecule has 11 heavy (non-hydrogen) atoms. The van der Waals surface area contributed by atoms with Gasteiger partial charge in [0, 0.05) is 12.9 Å². The van der Waals surface area contributed by atoms with Crippen LogP contribution in [-0.2, 0) is 9.84 Å². The Morgan fingerprint density at radius 1 is 1.55 bits per heavy atom. The molecule has 0 aromatic heterocycles. The Morgan fingerprint density at radius 2 is 2.09 bits per heavy atom. The van der Waals surface area contributed by atoms with Crippen LogP contribution in [0, 0.1) is 11.8 Å². The van der Waals surface area contributed by atoms with E-state index in [4.69, 9.17) is 5.11 Å². The second-order valence-electron chi connectivity index (χ2n) is 3.37. The van der Waals surface area contributed by atoms with Gasteiger partial charge in [-0.1, -0.05) is 0 Å². The van der Waals surface area contributed by atoms with Crippen molar-refractivity contribution in [2.75, 3.05) is 18.6 Å². The van der Waals surface area contributed by atoms with Crippen molar-refractivity contribution in [2.24, 2.45) is 11.8 Å². The lowest BCUT2D eigenvalue weighted by molar-refractivity contribution is 0.224. The lowest BCUT2D eigenvalue weighted by Crippen LogP contribution is -2.19. The molecule has 0 bridgehead atoms. The fourth-order valence-electron chi connectivity index (χ4n) is 1.29. The van der Waals surface area contributed by atoms with Crippen molar-refractivity contribution in [2.45, 2.75) is 12.8 Å². The Labute approximate surface area is 67.3 Å². The molecular weight excluding hydrogens is 164 g/mol. The number of aliphatic hydroxyl groups excluding tert-OH is 1. The van der Waals surface area contributed by atoms with Crippen LogP contribution in [0.5, 0.6) is 0 Å². The van der Waals surface area contributed by atoms with Crippen molar-refractivity contribution in [1.82, 2.24) is 0 Å². The molecule has 0 heterocycles. The minimum absolute atomic E-state index is 0.00926. The van der Waals surface area contributed by atoms with Gasteiger partial charge < -0.3 is 5.11 Å². The number of aliphatic hydroxyl groups is 1. The van der Waals surface area contributed by atoms with Gasteiger partial charge in [-0.15, -0.1) is 0 Å². The fourth-order valence-corrected chi connectivity index (χ4v) is 2.45. The number of hydrogen-bond acceptors (Lipinski definition) is 3. The molecule has 0 radical (unpaired) electrons. The number of hydrogen-bond donors (Lipinski definition) is 1.